The number of hydrogen-bond acceptors (Lipinski definition) is 3. The smallest absolute Gasteiger partial charge is 0.330 e. The van der Waals surface area contributed by atoms with Crippen LogP contribution in [-0.4, -0.2) is 22.6 Å². The quantitative estimate of drug-likeness (QED) is 0.245. The first-order valence-corrected chi connectivity index (χ1v) is 7.24. The van der Waals surface area contributed by atoms with Crippen molar-refractivity contribution in [1.82, 2.24) is 0 Å². The fraction of sp³-hybridized carbons (Fsp3) is 0.267. The summed E-state index contributed by atoms with van der Waals surface area (Å²) in [4.78, 5) is 34.3. The maximum atomic E-state index is 11.9. The molecule has 0 aliphatic rings. The van der Waals surface area contributed by atoms with Gasteiger partial charge in [0.2, 0.25) is 11.6 Å². The average Bonchev–Trinajstić information content (AvgIpc) is 2.42. The van der Waals surface area contributed by atoms with Crippen LogP contribution < -0.4 is 0 Å². The van der Waals surface area contributed by atoms with E-state index in [0.29, 0.717) is 24.8 Å². The molecule has 0 fully saturated rings. The first-order chi connectivity index (χ1) is 9.43. The molecule has 0 aromatic heterocycles. The zero-order chi connectivity index (χ0) is 15.1. The summed E-state index contributed by atoms with van der Waals surface area (Å²) in [7, 11) is 0. The maximum absolute atomic E-state index is 11.9. The molecule has 0 aliphatic carbocycles. The fourth-order valence-electron chi connectivity index (χ4n) is 1.64. The number of carboxylic acids is 1. The van der Waals surface area contributed by atoms with Crippen molar-refractivity contribution in [3.05, 3.63) is 45.6 Å². The Kier molecular flexibility index (Phi) is 6.57. The van der Waals surface area contributed by atoms with Crippen molar-refractivity contribution in [1.29, 1.82) is 0 Å². The van der Waals surface area contributed by atoms with E-state index in [4.69, 9.17) is 5.11 Å². The number of ketones is 2. The third-order valence-electron chi connectivity index (χ3n) is 2.81. The highest BCUT2D eigenvalue weighted by molar-refractivity contribution is 14.1. The van der Waals surface area contributed by atoms with E-state index in [1.165, 1.54) is 0 Å². The molecule has 0 spiro atoms. The lowest BCUT2D eigenvalue weighted by atomic mass is 10.0. The minimum absolute atomic E-state index is 0.126. The van der Waals surface area contributed by atoms with E-state index in [2.05, 4.69) is 6.58 Å². The molecule has 1 rings (SSSR count). The number of hydrogen-bond donors (Lipinski definition) is 1. The van der Waals surface area contributed by atoms with Gasteiger partial charge in [0.15, 0.2) is 0 Å². The van der Waals surface area contributed by atoms with Gasteiger partial charge < -0.3 is 5.11 Å². The molecular weight excluding hydrogens is 371 g/mol. The Morgan fingerprint density at radius 3 is 2.30 bits per heavy atom. The van der Waals surface area contributed by atoms with Gasteiger partial charge in [0, 0.05) is 21.1 Å². The summed E-state index contributed by atoms with van der Waals surface area (Å²) < 4.78 is 0.753. The summed E-state index contributed by atoms with van der Waals surface area (Å²) >= 11 is 2.02. The van der Waals surface area contributed by atoms with Crippen LogP contribution in [0, 0.1) is 3.57 Å². The number of halogens is 1. The highest BCUT2D eigenvalue weighted by atomic mass is 127. The van der Waals surface area contributed by atoms with Crippen LogP contribution in [0.3, 0.4) is 0 Å². The van der Waals surface area contributed by atoms with Crippen molar-refractivity contribution < 1.29 is 19.5 Å². The number of rotatable bonds is 8. The number of unbranched alkanes of at least 4 members (excludes halogenated alkanes) is 1. The number of Topliss-reactive ketones (excluding diaryl/α,β-unsaturated/α-hetero) is 2. The van der Waals surface area contributed by atoms with Crippen molar-refractivity contribution in [2.24, 2.45) is 0 Å². The van der Waals surface area contributed by atoms with Crippen LogP contribution in [0.2, 0.25) is 0 Å². The summed E-state index contributed by atoms with van der Waals surface area (Å²) in [5.41, 5.74) is 0.550. The first kappa shape index (κ1) is 16.6. The van der Waals surface area contributed by atoms with Crippen LogP contribution in [-0.2, 0) is 9.59 Å². The molecule has 0 radical (unpaired) electrons. The molecule has 0 aliphatic heterocycles. The summed E-state index contributed by atoms with van der Waals surface area (Å²) in [5.74, 6) is -1.94. The van der Waals surface area contributed by atoms with Gasteiger partial charge in [0.1, 0.15) is 0 Å². The zero-order valence-corrected chi connectivity index (χ0v) is 13.1. The Bertz CT molecular complexity index is 549. The van der Waals surface area contributed by atoms with Gasteiger partial charge in [-0.15, -0.1) is 0 Å². The van der Waals surface area contributed by atoms with Gasteiger partial charge in [-0.05, 0) is 54.0 Å². The monoisotopic (exact) mass is 386 g/mol. The number of aliphatic carboxylic acids is 1. The van der Waals surface area contributed by atoms with Crippen LogP contribution in [0.5, 0.6) is 0 Å². The molecule has 1 aromatic rings. The Morgan fingerprint density at radius 2 is 1.70 bits per heavy atom. The topological polar surface area (TPSA) is 71.4 Å². The van der Waals surface area contributed by atoms with Crippen LogP contribution in [0.15, 0.2) is 36.4 Å². The molecule has 0 saturated heterocycles. The van der Waals surface area contributed by atoms with E-state index >= 15 is 0 Å². The average molecular weight is 386 g/mol. The number of carbonyl (C=O) groups excluding carboxylic acids is 2. The summed E-state index contributed by atoms with van der Waals surface area (Å²) in [6.45, 7) is 3.41. The highest BCUT2D eigenvalue weighted by Gasteiger charge is 2.17. The van der Waals surface area contributed by atoms with Crippen LogP contribution in [0.25, 0.3) is 0 Å². The molecule has 4 nitrogen and oxygen atoms in total. The third kappa shape index (κ3) is 4.88. The van der Waals surface area contributed by atoms with Crippen LogP contribution >= 0.6 is 22.6 Å². The van der Waals surface area contributed by atoms with Gasteiger partial charge in [-0.25, -0.2) is 4.79 Å². The molecule has 0 atom stereocenters. The van der Waals surface area contributed by atoms with Crippen molar-refractivity contribution in [2.45, 2.75) is 25.7 Å². The van der Waals surface area contributed by atoms with Gasteiger partial charge in [-0.3, -0.25) is 9.59 Å². The first-order valence-electron chi connectivity index (χ1n) is 6.16. The Balaban J connectivity index is 2.44. The second-order valence-electron chi connectivity index (χ2n) is 4.35. The molecule has 0 unspecified atom stereocenters. The SMILES string of the molecule is C=C(CCCCC(=O)C(=O)c1ccccc1I)C(=O)O. The van der Waals surface area contributed by atoms with Gasteiger partial charge in [-0.1, -0.05) is 18.7 Å². The lowest BCUT2D eigenvalue weighted by Crippen LogP contribution is -2.15. The van der Waals surface area contributed by atoms with Crippen molar-refractivity contribution >= 4 is 40.1 Å². The second kappa shape index (κ2) is 7.94. The van der Waals surface area contributed by atoms with E-state index in [1.54, 1.807) is 24.3 Å². The molecule has 106 valence electrons. The van der Waals surface area contributed by atoms with Crippen molar-refractivity contribution in [3.8, 4) is 0 Å². The highest BCUT2D eigenvalue weighted by Crippen LogP contribution is 2.14. The minimum atomic E-state index is -1.02. The van der Waals surface area contributed by atoms with E-state index in [1.807, 2.05) is 22.6 Å². The predicted octanol–water partition coefficient (Wildman–Crippen LogP) is 3.24. The number of carbonyl (C=O) groups is 3. The number of carboxylic acid groups (broad SMARTS) is 1. The van der Waals surface area contributed by atoms with Gasteiger partial charge in [0.25, 0.3) is 0 Å². The third-order valence-corrected chi connectivity index (χ3v) is 3.75. The normalized spacial score (nSPS) is 10.1. The van der Waals surface area contributed by atoms with E-state index in [0.717, 1.165) is 3.57 Å². The molecule has 0 amide bonds. The summed E-state index contributed by atoms with van der Waals surface area (Å²) in [6, 6.07) is 6.94. The molecular formula is C15H15IO4. The molecule has 1 N–H and O–H groups in total. The summed E-state index contributed by atoms with van der Waals surface area (Å²) in [6.07, 6.45) is 1.49. The summed E-state index contributed by atoms with van der Waals surface area (Å²) in [5, 5.41) is 8.64. The molecule has 1 aromatic carbocycles. The zero-order valence-electron chi connectivity index (χ0n) is 10.9. The standard InChI is InChI=1S/C15H15IO4/c1-10(15(19)20)6-2-5-9-13(17)14(18)11-7-3-4-8-12(11)16/h3-4,7-8H,1-2,5-6,9H2,(H,19,20). The Hall–Kier alpha value is -1.50. The maximum Gasteiger partial charge on any atom is 0.330 e. The Labute approximate surface area is 131 Å². The molecule has 20 heavy (non-hydrogen) atoms. The van der Waals surface area contributed by atoms with Gasteiger partial charge in [-0.2, -0.15) is 0 Å². The predicted molar refractivity (Wildman–Crippen MR) is 83.7 cm³/mol. The minimum Gasteiger partial charge on any atom is -0.478 e. The van der Waals surface area contributed by atoms with E-state index < -0.39 is 17.5 Å². The lowest BCUT2D eigenvalue weighted by molar-refractivity contribution is -0.132. The molecule has 0 bridgehead atoms. The van der Waals surface area contributed by atoms with Gasteiger partial charge >= 0.3 is 5.97 Å². The van der Waals surface area contributed by atoms with Crippen LogP contribution in [0.1, 0.15) is 36.0 Å². The molecule has 0 saturated carbocycles. The lowest BCUT2D eigenvalue weighted by Gasteiger charge is -2.03. The van der Waals surface area contributed by atoms with Crippen molar-refractivity contribution in [3.63, 3.8) is 0 Å². The molecule has 0 heterocycles. The Morgan fingerprint density at radius 1 is 1.10 bits per heavy atom. The number of benzene rings is 1. The van der Waals surface area contributed by atoms with E-state index in [-0.39, 0.29) is 12.0 Å². The second-order valence-corrected chi connectivity index (χ2v) is 5.51. The van der Waals surface area contributed by atoms with Gasteiger partial charge in [0.05, 0.1) is 0 Å². The van der Waals surface area contributed by atoms with Crippen molar-refractivity contribution in [2.75, 3.05) is 0 Å². The van der Waals surface area contributed by atoms with Crippen LogP contribution in [0.4, 0.5) is 0 Å². The largest absolute Gasteiger partial charge is 0.478 e. The molecule has 5 heteroatoms. The van der Waals surface area contributed by atoms with E-state index in [9.17, 15) is 14.4 Å². The fourth-order valence-corrected chi connectivity index (χ4v) is 2.27.